The fraction of sp³-hybridized carbons (Fsp3) is 1.00. The average molecular weight is 174 g/mol. The summed E-state index contributed by atoms with van der Waals surface area (Å²) in [5, 5.41) is 0. The molecule has 0 aliphatic heterocycles. The van der Waals surface area contributed by atoms with Crippen molar-refractivity contribution < 1.29 is 4.74 Å². The predicted molar refractivity (Wildman–Crippen MR) is 52.3 cm³/mol. The molecule has 0 aliphatic rings. The van der Waals surface area contributed by atoms with Crippen molar-refractivity contribution in [1.29, 1.82) is 0 Å². The maximum absolute atomic E-state index is 5.42. The molecule has 12 heavy (non-hydrogen) atoms. The lowest BCUT2D eigenvalue weighted by molar-refractivity contribution is 0.140. The molecule has 0 unspecified atom stereocenters. The lowest BCUT2D eigenvalue weighted by Crippen LogP contribution is -2.26. The fourth-order valence-corrected chi connectivity index (χ4v) is 1.06. The van der Waals surface area contributed by atoms with Gasteiger partial charge in [-0.1, -0.05) is 0 Å². The molecule has 0 aliphatic carbocycles. The van der Waals surface area contributed by atoms with Gasteiger partial charge >= 0.3 is 0 Å². The largest absolute Gasteiger partial charge is 0.382 e. The minimum Gasteiger partial charge on any atom is -0.382 e. The van der Waals surface area contributed by atoms with E-state index >= 15 is 0 Å². The molecule has 2 N–H and O–H groups in total. The van der Waals surface area contributed by atoms with Gasteiger partial charge in [-0.15, -0.1) is 0 Å². The van der Waals surface area contributed by atoms with E-state index in [1.54, 1.807) is 0 Å². The maximum atomic E-state index is 5.42. The highest BCUT2D eigenvalue weighted by molar-refractivity contribution is 4.51. The summed E-state index contributed by atoms with van der Waals surface area (Å²) in [6.07, 6.45) is 2.36. The summed E-state index contributed by atoms with van der Waals surface area (Å²) in [6, 6.07) is 0. The molecule has 0 saturated heterocycles. The second-order valence-electron chi connectivity index (χ2n) is 3.00. The molecule has 0 saturated carbocycles. The first kappa shape index (κ1) is 11.9. The van der Waals surface area contributed by atoms with E-state index in [-0.39, 0.29) is 0 Å². The van der Waals surface area contributed by atoms with E-state index in [0.717, 1.165) is 39.3 Å². The Bertz CT molecular complexity index is 88.6. The molecule has 0 aromatic carbocycles. The number of nitrogens with two attached hydrogens (primary N) is 1. The van der Waals surface area contributed by atoms with Gasteiger partial charge < -0.3 is 15.4 Å². The van der Waals surface area contributed by atoms with Crippen LogP contribution in [0.25, 0.3) is 0 Å². The van der Waals surface area contributed by atoms with Crippen LogP contribution in [-0.2, 0) is 4.74 Å². The van der Waals surface area contributed by atoms with Crippen LogP contribution >= 0.6 is 0 Å². The molecule has 74 valence electrons. The summed E-state index contributed by atoms with van der Waals surface area (Å²) in [5.41, 5.74) is 5.42. The van der Waals surface area contributed by atoms with Crippen LogP contribution < -0.4 is 5.73 Å². The van der Waals surface area contributed by atoms with Crippen LogP contribution in [0.5, 0.6) is 0 Å². The van der Waals surface area contributed by atoms with Gasteiger partial charge in [-0.05, 0) is 33.4 Å². The number of likely N-dealkylation sites (N-methyl/N-ethyl adjacent to an activating group) is 1. The van der Waals surface area contributed by atoms with Crippen molar-refractivity contribution in [2.45, 2.75) is 19.8 Å². The summed E-state index contributed by atoms with van der Waals surface area (Å²) >= 11 is 0. The zero-order chi connectivity index (χ0) is 9.23. The van der Waals surface area contributed by atoms with E-state index in [4.69, 9.17) is 10.5 Å². The van der Waals surface area contributed by atoms with Gasteiger partial charge in [0.25, 0.3) is 0 Å². The Balaban J connectivity index is 2.97. The molecule has 0 bridgehead atoms. The standard InChI is InChI=1S/C9H22N2O/c1-3-12-9-5-4-7-11(2)8-6-10/h3-10H2,1-2H3. The van der Waals surface area contributed by atoms with E-state index in [1.165, 1.54) is 6.42 Å². The molecule has 0 aromatic rings. The topological polar surface area (TPSA) is 38.5 Å². The third-order valence-electron chi connectivity index (χ3n) is 1.79. The summed E-state index contributed by atoms with van der Waals surface area (Å²) in [4.78, 5) is 2.26. The quantitative estimate of drug-likeness (QED) is 0.550. The van der Waals surface area contributed by atoms with Crippen molar-refractivity contribution in [3.8, 4) is 0 Å². The fourth-order valence-electron chi connectivity index (χ4n) is 1.06. The molecule has 0 heterocycles. The summed E-state index contributed by atoms with van der Waals surface area (Å²) in [6.45, 7) is 6.63. The lowest BCUT2D eigenvalue weighted by atomic mass is 10.3. The van der Waals surface area contributed by atoms with Gasteiger partial charge in [0, 0.05) is 26.3 Å². The van der Waals surface area contributed by atoms with Crippen LogP contribution in [0, 0.1) is 0 Å². The molecular weight excluding hydrogens is 152 g/mol. The smallest absolute Gasteiger partial charge is 0.0466 e. The SMILES string of the molecule is CCOCCCCN(C)CCN. The van der Waals surface area contributed by atoms with E-state index in [1.807, 2.05) is 6.92 Å². The third-order valence-corrected chi connectivity index (χ3v) is 1.79. The van der Waals surface area contributed by atoms with Crippen molar-refractivity contribution in [1.82, 2.24) is 4.90 Å². The Morgan fingerprint density at radius 2 is 2.00 bits per heavy atom. The van der Waals surface area contributed by atoms with Gasteiger partial charge in [-0.3, -0.25) is 0 Å². The minimum atomic E-state index is 0.752. The van der Waals surface area contributed by atoms with Crippen LogP contribution in [0.15, 0.2) is 0 Å². The van der Waals surface area contributed by atoms with Crippen molar-refractivity contribution in [2.75, 3.05) is 39.9 Å². The Hall–Kier alpha value is -0.120. The highest BCUT2D eigenvalue weighted by atomic mass is 16.5. The van der Waals surface area contributed by atoms with E-state index in [0.29, 0.717) is 0 Å². The number of hydrogen-bond donors (Lipinski definition) is 1. The highest BCUT2D eigenvalue weighted by Crippen LogP contribution is 1.92. The maximum Gasteiger partial charge on any atom is 0.0466 e. The highest BCUT2D eigenvalue weighted by Gasteiger charge is 1.95. The number of hydrogen-bond acceptors (Lipinski definition) is 3. The molecule has 0 spiro atoms. The summed E-state index contributed by atoms with van der Waals surface area (Å²) in [5.74, 6) is 0. The molecule has 0 radical (unpaired) electrons. The van der Waals surface area contributed by atoms with Crippen LogP contribution in [0.3, 0.4) is 0 Å². The van der Waals surface area contributed by atoms with Crippen molar-refractivity contribution in [3.63, 3.8) is 0 Å². The molecular formula is C9H22N2O. The first-order valence-corrected chi connectivity index (χ1v) is 4.77. The number of ether oxygens (including phenoxy) is 1. The zero-order valence-corrected chi connectivity index (χ0v) is 8.38. The summed E-state index contributed by atoms with van der Waals surface area (Å²) in [7, 11) is 2.10. The first-order valence-electron chi connectivity index (χ1n) is 4.77. The van der Waals surface area contributed by atoms with Gasteiger partial charge in [-0.2, -0.15) is 0 Å². The van der Waals surface area contributed by atoms with Gasteiger partial charge in [0.15, 0.2) is 0 Å². The Kier molecular flexibility index (Phi) is 8.88. The number of rotatable bonds is 8. The second kappa shape index (κ2) is 8.97. The Labute approximate surface area is 75.9 Å². The van der Waals surface area contributed by atoms with Crippen LogP contribution in [-0.4, -0.2) is 44.8 Å². The van der Waals surface area contributed by atoms with Gasteiger partial charge in [-0.25, -0.2) is 0 Å². The molecule has 0 fully saturated rings. The Morgan fingerprint density at radius 3 is 2.58 bits per heavy atom. The normalized spacial score (nSPS) is 11.0. The Morgan fingerprint density at radius 1 is 1.25 bits per heavy atom. The molecule has 3 heteroatoms. The monoisotopic (exact) mass is 174 g/mol. The number of unbranched alkanes of at least 4 members (excludes halogenated alkanes) is 1. The predicted octanol–water partition coefficient (Wildman–Crippen LogP) is 0.694. The van der Waals surface area contributed by atoms with Gasteiger partial charge in [0.1, 0.15) is 0 Å². The molecule has 0 amide bonds. The molecule has 0 aromatic heterocycles. The lowest BCUT2D eigenvalue weighted by Gasteiger charge is -2.14. The van der Waals surface area contributed by atoms with E-state index in [9.17, 15) is 0 Å². The van der Waals surface area contributed by atoms with Crippen molar-refractivity contribution >= 4 is 0 Å². The first-order chi connectivity index (χ1) is 5.81. The molecule has 0 atom stereocenters. The second-order valence-corrected chi connectivity index (χ2v) is 3.00. The van der Waals surface area contributed by atoms with Crippen molar-refractivity contribution in [2.24, 2.45) is 5.73 Å². The van der Waals surface area contributed by atoms with Crippen LogP contribution in [0.4, 0.5) is 0 Å². The van der Waals surface area contributed by atoms with Crippen LogP contribution in [0.2, 0.25) is 0 Å². The van der Waals surface area contributed by atoms with Crippen LogP contribution in [0.1, 0.15) is 19.8 Å². The van der Waals surface area contributed by atoms with E-state index in [2.05, 4.69) is 11.9 Å². The zero-order valence-electron chi connectivity index (χ0n) is 8.38. The molecule has 0 rings (SSSR count). The van der Waals surface area contributed by atoms with E-state index < -0.39 is 0 Å². The number of nitrogens with zero attached hydrogens (tertiary/aromatic N) is 1. The summed E-state index contributed by atoms with van der Waals surface area (Å²) < 4.78 is 5.23. The van der Waals surface area contributed by atoms with Crippen molar-refractivity contribution in [3.05, 3.63) is 0 Å². The average Bonchev–Trinajstić information content (AvgIpc) is 2.05. The molecule has 3 nitrogen and oxygen atoms in total. The van der Waals surface area contributed by atoms with Gasteiger partial charge in [0.05, 0.1) is 0 Å². The van der Waals surface area contributed by atoms with Gasteiger partial charge in [0.2, 0.25) is 0 Å². The third kappa shape index (κ3) is 7.98. The minimum absolute atomic E-state index is 0.752.